The molecule has 0 unspecified atom stereocenters. The van der Waals surface area contributed by atoms with Gasteiger partial charge in [0, 0.05) is 60.7 Å². The molecule has 1 aromatic carbocycles. The lowest BCUT2D eigenvalue weighted by atomic mass is 9.83. The predicted molar refractivity (Wildman–Crippen MR) is 120 cm³/mol. The second kappa shape index (κ2) is 7.97. The summed E-state index contributed by atoms with van der Waals surface area (Å²) in [5.41, 5.74) is 2.53. The largest absolute Gasteiger partial charge is 0.497 e. The van der Waals surface area contributed by atoms with Gasteiger partial charge in [0.15, 0.2) is 0 Å². The fourth-order valence-corrected chi connectivity index (χ4v) is 5.28. The summed E-state index contributed by atoms with van der Waals surface area (Å²) >= 11 is 0. The lowest BCUT2D eigenvalue weighted by molar-refractivity contribution is -0.133. The van der Waals surface area contributed by atoms with Crippen molar-refractivity contribution in [3.8, 4) is 5.75 Å². The molecule has 2 aliphatic heterocycles. The fourth-order valence-electron chi connectivity index (χ4n) is 5.28. The molecule has 1 saturated heterocycles. The summed E-state index contributed by atoms with van der Waals surface area (Å²) in [6.07, 6.45) is 1.61. The number of ether oxygens (including phenoxy) is 1. The highest BCUT2D eigenvalue weighted by Gasteiger charge is 2.36. The molecule has 2 aromatic heterocycles. The van der Waals surface area contributed by atoms with E-state index in [-0.39, 0.29) is 29.7 Å². The third kappa shape index (κ3) is 3.51. The molecule has 1 fully saturated rings. The summed E-state index contributed by atoms with van der Waals surface area (Å²) in [7, 11) is 1.57. The Labute approximate surface area is 185 Å². The SMILES string of the molecule is COc1ccc2c(C)c(CCC(=O)N3C[C@@H]4C[C@H](C3)c3cccc(=O)n3C4)c(=O)oc2c1. The minimum atomic E-state index is -0.403. The van der Waals surface area contributed by atoms with Crippen LogP contribution in [0.1, 0.15) is 35.6 Å². The molecule has 0 N–H and O–H groups in total. The van der Waals surface area contributed by atoms with Crippen molar-refractivity contribution in [1.29, 1.82) is 0 Å². The van der Waals surface area contributed by atoms with Gasteiger partial charge < -0.3 is 18.6 Å². The van der Waals surface area contributed by atoms with Crippen molar-refractivity contribution >= 4 is 16.9 Å². The van der Waals surface area contributed by atoms with Gasteiger partial charge in [-0.2, -0.15) is 0 Å². The number of piperidine rings is 1. The Morgan fingerprint density at radius 2 is 2.00 bits per heavy atom. The number of amides is 1. The van der Waals surface area contributed by atoms with E-state index in [1.807, 2.05) is 34.6 Å². The van der Waals surface area contributed by atoms with Crippen LogP contribution in [0.15, 0.2) is 50.4 Å². The van der Waals surface area contributed by atoms with Crippen LogP contribution in [0.5, 0.6) is 5.75 Å². The number of aromatic nitrogens is 1. The molecule has 0 spiro atoms. The lowest BCUT2D eigenvalue weighted by Gasteiger charge is -2.42. The molecule has 2 atom stereocenters. The van der Waals surface area contributed by atoms with E-state index in [2.05, 4.69) is 0 Å². The summed E-state index contributed by atoms with van der Waals surface area (Å²) in [5, 5.41) is 0.849. The lowest BCUT2D eigenvalue weighted by Crippen LogP contribution is -2.49. The van der Waals surface area contributed by atoms with Gasteiger partial charge in [0.05, 0.1) is 7.11 Å². The zero-order valence-corrected chi connectivity index (χ0v) is 18.3. The minimum absolute atomic E-state index is 0.0353. The van der Waals surface area contributed by atoms with Crippen LogP contribution in [0.3, 0.4) is 0 Å². The molecule has 4 heterocycles. The van der Waals surface area contributed by atoms with Crippen molar-refractivity contribution < 1.29 is 13.9 Å². The van der Waals surface area contributed by atoms with Crippen molar-refractivity contribution in [1.82, 2.24) is 9.47 Å². The molecule has 2 bridgehead atoms. The number of nitrogens with zero attached hydrogens (tertiary/aromatic N) is 2. The summed E-state index contributed by atoms with van der Waals surface area (Å²) in [4.78, 5) is 39.8. The van der Waals surface area contributed by atoms with E-state index >= 15 is 0 Å². The first-order valence-corrected chi connectivity index (χ1v) is 11.0. The third-order valence-corrected chi connectivity index (χ3v) is 6.92. The van der Waals surface area contributed by atoms with E-state index < -0.39 is 5.63 Å². The second-order valence-corrected chi connectivity index (χ2v) is 8.85. The van der Waals surface area contributed by atoms with Gasteiger partial charge in [-0.25, -0.2) is 4.79 Å². The first kappa shape index (κ1) is 20.5. The highest BCUT2D eigenvalue weighted by Crippen LogP contribution is 2.35. The number of rotatable bonds is 4. The summed E-state index contributed by atoms with van der Waals surface area (Å²) in [6.45, 7) is 3.82. The highest BCUT2D eigenvalue weighted by atomic mass is 16.5. The Balaban J connectivity index is 1.33. The van der Waals surface area contributed by atoms with Crippen LogP contribution in [0.2, 0.25) is 0 Å². The van der Waals surface area contributed by atoms with Crippen molar-refractivity contribution in [3.05, 3.63) is 74.0 Å². The first-order chi connectivity index (χ1) is 15.4. The Kier molecular flexibility index (Phi) is 5.12. The number of hydrogen-bond donors (Lipinski definition) is 0. The Morgan fingerprint density at radius 1 is 1.16 bits per heavy atom. The third-order valence-electron chi connectivity index (χ3n) is 6.92. The number of aryl methyl sites for hydroxylation is 1. The number of likely N-dealkylation sites (tertiary alicyclic amines) is 1. The molecule has 3 aromatic rings. The average molecular weight is 434 g/mol. The molecule has 5 rings (SSSR count). The van der Waals surface area contributed by atoms with Crippen molar-refractivity contribution in [2.45, 2.75) is 38.6 Å². The van der Waals surface area contributed by atoms with Crippen LogP contribution >= 0.6 is 0 Å². The van der Waals surface area contributed by atoms with E-state index in [0.717, 1.165) is 23.1 Å². The van der Waals surface area contributed by atoms with Crippen LogP contribution in [-0.2, 0) is 17.8 Å². The quantitative estimate of drug-likeness (QED) is 0.590. The van der Waals surface area contributed by atoms with Crippen molar-refractivity contribution in [2.24, 2.45) is 5.92 Å². The zero-order valence-electron chi connectivity index (χ0n) is 18.3. The van der Waals surface area contributed by atoms with Gasteiger partial charge in [-0.15, -0.1) is 0 Å². The average Bonchev–Trinajstić information content (AvgIpc) is 2.79. The van der Waals surface area contributed by atoms with Gasteiger partial charge >= 0.3 is 5.63 Å². The minimum Gasteiger partial charge on any atom is -0.497 e. The van der Waals surface area contributed by atoms with Crippen LogP contribution < -0.4 is 15.9 Å². The molecular formula is C25H26N2O5. The smallest absolute Gasteiger partial charge is 0.339 e. The van der Waals surface area contributed by atoms with E-state index in [1.165, 1.54) is 0 Å². The first-order valence-electron chi connectivity index (χ1n) is 11.0. The number of hydrogen-bond acceptors (Lipinski definition) is 5. The Bertz CT molecular complexity index is 1320. The standard InChI is InChI=1S/C25H26N2O5/c1-15-19-7-6-18(31-2)11-22(19)32-25(30)20(15)8-9-23(28)26-12-16-10-17(14-26)21-4-3-5-24(29)27(21)13-16/h3-7,11,16-17H,8-10,12-14H2,1-2H3/t16-,17+/m0/s1. The topological polar surface area (TPSA) is 81.8 Å². The molecule has 32 heavy (non-hydrogen) atoms. The number of methoxy groups -OCH3 is 1. The maximum absolute atomic E-state index is 13.1. The van der Waals surface area contributed by atoms with Gasteiger partial charge in [-0.1, -0.05) is 6.07 Å². The number of carbonyl (C=O) groups is 1. The van der Waals surface area contributed by atoms with Crippen molar-refractivity contribution in [3.63, 3.8) is 0 Å². The molecular weight excluding hydrogens is 408 g/mol. The van der Waals surface area contributed by atoms with Crippen LogP contribution in [-0.4, -0.2) is 35.6 Å². The van der Waals surface area contributed by atoms with Crippen LogP contribution in [0.25, 0.3) is 11.0 Å². The summed E-state index contributed by atoms with van der Waals surface area (Å²) < 4.78 is 12.6. The summed E-state index contributed by atoms with van der Waals surface area (Å²) in [5.74, 6) is 1.14. The molecule has 7 heteroatoms. The zero-order chi connectivity index (χ0) is 22.4. The molecule has 1 amide bonds. The molecule has 0 radical (unpaired) electrons. The number of pyridine rings is 1. The predicted octanol–water partition coefficient (Wildman–Crippen LogP) is 2.85. The Morgan fingerprint density at radius 3 is 2.81 bits per heavy atom. The van der Waals surface area contributed by atoms with E-state index in [1.54, 1.807) is 25.3 Å². The monoisotopic (exact) mass is 434 g/mol. The van der Waals surface area contributed by atoms with Crippen LogP contribution in [0.4, 0.5) is 0 Å². The highest BCUT2D eigenvalue weighted by molar-refractivity contribution is 5.83. The molecule has 0 aliphatic carbocycles. The molecule has 166 valence electrons. The van der Waals surface area contributed by atoms with Gasteiger partial charge in [-0.3, -0.25) is 9.59 Å². The van der Waals surface area contributed by atoms with Crippen molar-refractivity contribution in [2.75, 3.05) is 20.2 Å². The maximum atomic E-state index is 13.1. The normalized spacial score (nSPS) is 19.6. The van der Waals surface area contributed by atoms with E-state index in [9.17, 15) is 14.4 Å². The number of benzene rings is 1. The van der Waals surface area contributed by atoms with Gasteiger partial charge in [0.1, 0.15) is 11.3 Å². The van der Waals surface area contributed by atoms with E-state index in [0.29, 0.717) is 43.0 Å². The molecule has 7 nitrogen and oxygen atoms in total. The Hall–Kier alpha value is -3.35. The van der Waals surface area contributed by atoms with E-state index in [4.69, 9.17) is 9.15 Å². The molecule has 2 aliphatic rings. The van der Waals surface area contributed by atoms with Gasteiger partial charge in [0.25, 0.3) is 5.56 Å². The number of carbonyl (C=O) groups excluding carboxylic acids is 1. The van der Waals surface area contributed by atoms with Crippen LogP contribution in [0, 0.1) is 12.8 Å². The summed E-state index contributed by atoms with van der Waals surface area (Å²) in [6, 6.07) is 10.8. The maximum Gasteiger partial charge on any atom is 0.339 e. The number of fused-ring (bicyclic) bond motifs is 5. The molecule has 0 saturated carbocycles. The van der Waals surface area contributed by atoms with Gasteiger partial charge in [-0.05, 0) is 49.4 Å². The fraction of sp³-hybridized carbons (Fsp3) is 0.400. The second-order valence-electron chi connectivity index (χ2n) is 8.85. The van der Waals surface area contributed by atoms with Gasteiger partial charge in [0.2, 0.25) is 5.91 Å².